The van der Waals surface area contributed by atoms with Crippen LogP contribution in [-0.4, -0.2) is 38.8 Å². The second-order valence-electron chi connectivity index (χ2n) is 6.71. The van der Waals surface area contributed by atoms with Crippen LogP contribution in [0.1, 0.15) is 11.3 Å². The third-order valence-electron chi connectivity index (χ3n) is 4.76. The fourth-order valence-corrected chi connectivity index (χ4v) is 3.37. The molecule has 0 aliphatic rings. The van der Waals surface area contributed by atoms with Gasteiger partial charge < -0.3 is 20.1 Å². The monoisotopic (exact) mass is 388 g/mol. The van der Waals surface area contributed by atoms with Crippen LogP contribution in [0.25, 0.3) is 16.9 Å². The average Bonchev–Trinajstić information content (AvgIpc) is 3.08. The number of methoxy groups -OCH3 is 1. The third-order valence-corrected chi connectivity index (χ3v) is 4.76. The van der Waals surface area contributed by atoms with Gasteiger partial charge in [0.15, 0.2) is 0 Å². The van der Waals surface area contributed by atoms with Crippen LogP contribution in [0, 0.1) is 6.92 Å². The standard InChI is InChI=1S/C21H21BN4O3/c1-14-11-16-17(22(27)28)9-6-10-18(16)26(14)21-24-19(12-20(25-21)29-2)23-13-15-7-4-3-5-8-15/h3-12,27-28H,13H2,1-2H3,(H,23,24,25). The molecular weight excluding hydrogens is 367 g/mol. The van der Waals surface area contributed by atoms with Crippen molar-refractivity contribution in [1.82, 2.24) is 14.5 Å². The van der Waals surface area contributed by atoms with Crippen molar-refractivity contribution in [3.63, 3.8) is 0 Å². The van der Waals surface area contributed by atoms with E-state index in [1.54, 1.807) is 25.3 Å². The summed E-state index contributed by atoms with van der Waals surface area (Å²) < 4.78 is 7.25. The van der Waals surface area contributed by atoms with E-state index in [0.717, 1.165) is 22.2 Å². The highest BCUT2D eigenvalue weighted by Crippen LogP contribution is 2.24. The smallest absolute Gasteiger partial charge is 0.481 e. The van der Waals surface area contributed by atoms with Gasteiger partial charge in [-0.25, -0.2) is 0 Å². The average molecular weight is 388 g/mol. The minimum atomic E-state index is -1.55. The Morgan fingerprint density at radius 1 is 1.03 bits per heavy atom. The van der Waals surface area contributed by atoms with E-state index < -0.39 is 7.12 Å². The summed E-state index contributed by atoms with van der Waals surface area (Å²) in [6.07, 6.45) is 0. The second-order valence-corrected chi connectivity index (χ2v) is 6.71. The first kappa shape index (κ1) is 19.0. The SMILES string of the molecule is COc1cc(NCc2ccccc2)nc(-n2c(C)cc3c(B(O)O)cccc32)n1. The number of hydrogen-bond acceptors (Lipinski definition) is 6. The van der Waals surface area contributed by atoms with E-state index in [2.05, 4.69) is 15.3 Å². The van der Waals surface area contributed by atoms with Crippen molar-refractivity contribution in [3.05, 3.63) is 71.9 Å². The topological polar surface area (TPSA) is 92.4 Å². The van der Waals surface area contributed by atoms with Crippen LogP contribution >= 0.6 is 0 Å². The summed E-state index contributed by atoms with van der Waals surface area (Å²) in [5.74, 6) is 1.51. The summed E-state index contributed by atoms with van der Waals surface area (Å²) in [5.41, 5.74) is 3.23. The van der Waals surface area contributed by atoms with Crippen LogP contribution in [0.4, 0.5) is 5.82 Å². The number of benzene rings is 2. The highest BCUT2D eigenvalue weighted by atomic mass is 16.5. The van der Waals surface area contributed by atoms with Crippen molar-refractivity contribution >= 4 is 29.3 Å². The highest BCUT2D eigenvalue weighted by molar-refractivity contribution is 6.61. The van der Waals surface area contributed by atoms with E-state index in [-0.39, 0.29) is 0 Å². The zero-order chi connectivity index (χ0) is 20.4. The third kappa shape index (κ3) is 3.80. The molecule has 0 fully saturated rings. The maximum Gasteiger partial charge on any atom is 0.489 e. The molecule has 4 aromatic rings. The number of nitrogens with one attached hydrogen (secondary N) is 1. The number of fused-ring (bicyclic) bond motifs is 1. The van der Waals surface area contributed by atoms with E-state index in [4.69, 9.17) is 4.74 Å². The predicted octanol–water partition coefficient (Wildman–Crippen LogP) is 2.03. The van der Waals surface area contributed by atoms with Gasteiger partial charge in [-0.15, -0.1) is 0 Å². The van der Waals surface area contributed by atoms with Gasteiger partial charge in [-0.05, 0) is 30.1 Å². The Hall–Kier alpha value is -3.36. The molecule has 0 aliphatic heterocycles. The van der Waals surface area contributed by atoms with Crippen molar-refractivity contribution in [2.75, 3.05) is 12.4 Å². The number of aryl methyl sites for hydroxylation is 1. The van der Waals surface area contributed by atoms with Crippen molar-refractivity contribution in [3.8, 4) is 11.8 Å². The lowest BCUT2D eigenvalue weighted by Gasteiger charge is -2.12. The van der Waals surface area contributed by atoms with Crippen molar-refractivity contribution in [2.45, 2.75) is 13.5 Å². The summed E-state index contributed by atoms with van der Waals surface area (Å²) in [4.78, 5) is 9.16. The normalized spacial score (nSPS) is 10.9. The van der Waals surface area contributed by atoms with E-state index in [9.17, 15) is 10.0 Å². The van der Waals surface area contributed by atoms with Crippen molar-refractivity contribution in [1.29, 1.82) is 0 Å². The number of aromatic nitrogens is 3. The summed E-state index contributed by atoms with van der Waals surface area (Å²) in [7, 11) is 0.0109. The Kier molecular flexibility index (Phi) is 5.20. The first-order valence-electron chi connectivity index (χ1n) is 9.25. The first-order valence-corrected chi connectivity index (χ1v) is 9.25. The first-order chi connectivity index (χ1) is 14.1. The maximum atomic E-state index is 9.68. The molecule has 0 aliphatic carbocycles. The van der Waals surface area contributed by atoms with Crippen molar-refractivity contribution < 1.29 is 14.8 Å². The molecule has 0 amide bonds. The predicted molar refractivity (Wildman–Crippen MR) is 114 cm³/mol. The van der Waals surface area contributed by atoms with E-state index in [1.165, 1.54) is 0 Å². The van der Waals surface area contributed by atoms with Crippen LogP contribution in [0.5, 0.6) is 5.88 Å². The van der Waals surface area contributed by atoms with E-state index in [0.29, 0.717) is 29.7 Å². The highest BCUT2D eigenvalue weighted by Gasteiger charge is 2.19. The Morgan fingerprint density at radius 3 is 2.55 bits per heavy atom. The molecule has 2 heterocycles. The molecule has 3 N–H and O–H groups in total. The minimum Gasteiger partial charge on any atom is -0.481 e. The van der Waals surface area contributed by atoms with Gasteiger partial charge in [0.05, 0.1) is 12.6 Å². The largest absolute Gasteiger partial charge is 0.489 e. The summed E-state index contributed by atoms with van der Waals surface area (Å²) in [5, 5.41) is 23.4. The second kappa shape index (κ2) is 7.94. The summed E-state index contributed by atoms with van der Waals surface area (Å²) >= 11 is 0. The molecule has 8 heteroatoms. The molecule has 4 rings (SSSR count). The molecule has 2 aromatic heterocycles. The Morgan fingerprint density at radius 2 is 1.83 bits per heavy atom. The molecule has 0 saturated heterocycles. The molecule has 2 aromatic carbocycles. The molecule has 29 heavy (non-hydrogen) atoms. The molecule has 0 atom stereocenters. The van der Waals surface area contributed by atoms with Crippen LogP contribution < -0.4 is 15.5 Å². The molecule has 0 unspecified atom stereocenters. The quantitative estimate of drug-likeness (QED) is 0.438. The lowest BCUT2D eigenvalue weighted by Crippen LogP contribution is -2.30. The zero-order valence-electron chi connectivity index (χ0n) is 16.2. The minimum absolute atomic E-state index is 0.435. The van der Waals surface area contributed by atoms with Gasteiger partial charge in [-0.2, -0.15) is 9.97 Å². The molecular formula is C21H21BN4O3. The fourth-order valence-electron chi connectivity index (χ4n) is 3.37. The maximum absolute atomic E-state index is 9.68. The zero-order valence-corrected chi connectivity index (χ0v) is 16.2. The van der Waals surface area contributed by atoms with Gasteiger partial charge in [0.1, 0.15) is 5.82 Å². The Balaban J connectivity index is 1.77. The number of rotatable bonds is 6. The van der Waals surface area contributed by atoms with Crippen LogP contribution in [-0.2, 0) is 6.54 Å². The molecule has 0 radical (unpaired) electrons. The fraction of sp³-hybridized carbons (Fsp3) is 0.143. The number of ether oxygens (including phenoxy) is 1. The van der Waals surface area contributed by atoms with E-state index in [1.807, 2.05) is 54.0 Å². The van der Waals surface area contributed by atoms with Crippen LogP contribution in [0.15, 0.2) is 60.7 Å². The number of anilines is 1. The van der Waals surface area contributed by atoms with Gasteiger partial charge in [-0.1, -0.05) is 42.5 Å². The van der Waals surface area contributed by atoms with Gasteiger partial charge in [0.2, 0.25) is 11.8 Å². The molecule has 7 nitrogen and oxygen atoms in total. The number of nitrogens with zero attached hydrogens (tertiary/aromatic N) is 3. The van der Waals surface area contributed by atoms with Crippen LogP contribution in [0.3, 0.4) is 0 Å². The molecule has 0 saturated carbocycles. The Bertz CT molecular complexity index is 1150. The molecule has 0 bridgehead atoms. The Labute approximate surface area is 168 Å². The summed E-state index contributed by atoms with van der Waals surface area (Å²) in [6, 6.07) is 19.0. The summed E-state index contributed by atoms with van der Waals surface area (Å²) in [6.45, 7) is 2.54. The van der Waals surface area contributed by atoms with Crippen LogP contribution in [0.2, 0.25) is 0 Å². The van der Waals surface area contributed by atoms with Gasteiger partial charge in [-0.3, -0.25) is 4.57 Å². The lowest BCUT2D eigenvalue weighted by molar-refractivity contribution is 0.396. The van der Waals surface area contributed by atoms with Crippen molar-refractivity contribution in [2.24, 2.45) is 0 Å². The van der Waals surface area contributed by atoms with E-state index >= 15 is 0 Å². The lowest BCUT2D eigenvalue weighted by atomic mass is 9.78. The van der Waals surface area contributed by atoms with Gasteiger partial charge >= 0.3 is 7.12 Å². The van der Waals surface area contributed by atoms with Gasteiger partial charge in [0.25, 0.3) is 0 Å². The molecule has 0 spiro atoms. The number of hydrogen-bond donors (Lipinski definition) is 3. The van der Waals surface area contributed by atoms with Gasteiger partial charge in [0, 0.05) is 23.7 Å². The molecule has 146 valence electrons.